The van der Waals surface area contributed by atoms with Gasteiger partial charge >= 0.3 is 0 Å². The lowest BCUT2D eigenvalue weighted by Crippen LogP contribution is -2.10. The summed E-state index contributed by atoms with van der Waals surface area (Å²) in [7, 11) is 0. The van der Waals surface area contributed by atoms with Crippen molar-refractivity contribution in [3.05, 3.63) is 59.3 Å². The lowest BCUT2D eigenvalue weighted by molar-refractivity contribution is 0.619. The maximum atomic E-state index is 14.0. The first-order chi connectivity index (χ1) is 12.2. The third-order valence-corrected chi connectivity index (χ3v) is 3.82. The van der Waals surface area contributed by atoms with Crippen molar-refractivity contribution in [1.82, 2.24) is 20.4 Å². The van der Waals surface area contributed by atoms with E-state index in [-0.39, 0.29) is 11.8 Å². The Morgan fingerprint density at radius 2 is 1.92 bits per heavy atom. The summed E-state index contributed by atoms with van der Waals surface area (Å²) in [5.74, 6) is -0.237. The molecule has 1 aromatic carbocycles. The number of nitrogens with one attached hydrogen (secondary N) is 4. The predicted molar refractivity (Wildman–Crippen MR) is 94.7 cm³/mol. The van der Waals surface area contributed by atoms with E-state index in [4.69, 9.17) is 11.6 Å². The fourth-order valence-electron chi connectivity index (χ4n) is 2.40. The SMILES string of the molecule is Fc1cnc(Nc2ccc3c(c2)CNN3)nc1Nc1ccc(Cl)nc1. The van der Waals surface area contributed by atoms with E-state index in [0.717, 1.165) is 29.7 Å². The summed E-state index contributed by atoms with van der Waals surface area (Å²) in [4.78, 5) is 12.1. The van der Waals surface area contributed by atoms with Crippen molar-refractivity contribution in [2.24, 2.45) is 0 Å². The molecule has 0 aliphatic carbocycles. The van der Waals surface area contributed by atoms with Gasteiger partial charge in [-0.2, -0.15) is 4.98 Å². The third-order valence-electron chi connectivity index (χ3n) is 3.60. The predicted octanol–water partition coefficient (Wildman–Crippen LogP) is 3.58. The summed E-state index contributed by atoms with van der Waals surface area (Å²) < 4.78 is 14.0. The van der Waals surface area contributed by atoms with Crippen LogP contribution in [0, 0.1) is 5.82 Å². The number of halogens is 2. The van der Waals surface area contributed by atoms with Gasteiger partial charge in [0.1, 0.15) is 5.15 Å². The zero-order chi connectivity index (χ0) is 17.2. The Morgan fingerprint density at radius 3 is 2.76 bits per heavy atom. The van der Waals surface area contributed by atoms with Crippen molar-refractivity contribution in [3.63, 3.8) is 0 Å². The quantitative estimate of drug-likeness (QED) is 0.531. The van der Waals surface area contributed by atoms with E-state index in [0.29, 0.717) is 10.8 Å². The molecule has 1 aliphatic heterocycles. The molecule has 0 bridgehead atoms. The highest BCUT2D eigenvalue weighted by atomic mass is 35.5. The van der Waals surface area contributed by atoms with Crippen LogP contribution in [0.1, 0.15) is 5.56 Å². The van der Waals surface area contributed by atoms with Crippen LogP contribution in [0.25, 0.3) is 0 Å². The number of pyridine rings is 1. The molecule has 0 unspecified atom stereocenters. The summed E-state index contributed by atoms with van der Waals surface area (Å²) in [6.45, 7) is 0.728. The number of aromatic nitrogens is 3. The third kappa shape index (κ3) is 3.44. The highest BCUT2D eigenvalue weighted by molar-refractivity contribution is 6.29. The van der Waals surface area contributed by atoms with Crippen molar-refractivity contribution in [3.8, 4) is 0 Å². The van der Waals surface area contributed by atoms with Crippen molar-refractivity contribution < 1.29 is 4.39 Å². The monoisotopic (exact) mass is 357 g/mol. The Balaban J connectivity index is 1.55. The van der Waals surface area contributed by atoms with Gasteiger partial charge in [0.05, 0.1) is 23.8 Å². The number of hydrogen-bond donors (Lipinski definition) is 4. The van der Waals surface area contributed by atoms with Gasteiger partial charge in [-0.25, -0.2) is 19.8 Å². The molecule has 0 spiro atoms. The first-order valence-corrected chi connectivity index (χ1v) is 7.85. The molecular formula is C16H13ClFN7. The molecule has 4 N–H and O–H groups in total. The fraction of sp³-hybridized carbons (Fsp3) is 0.0625. The van der Waals surface area contributed by atoms with Gasteiger partial charge < -0.3 is 16.1 Å². The number of anilines is 5. The van der Waals surface area contributed by atoms with Gasteiger partial charge in [-0.05, 0) is 35.9 Å². The molecule has 9 heteroatoms. The Hall–Kier alpha value is -2.97. The van der Waals surface area contributed by atoms with Crippen LogP contribution in [-0.2, 0) is 6.54 Å². The maximum absolute atomic E-state index is 14.0. The molecule has 126 valence electrons. The number of nitrogens with zero attached hydrogens (tertiary/aromatic N) is 3. The van der Waals surface area contributed by atoms with Gasteiger partial charge in [-0.15, -0.1) is 0 Å². The molecule has 0 saturated carbocycles. The number of fused-ring (bicyclic) bond motifs is 1. The smallest absolute Gasteiger partial charge is 0.229 e. The van der Waals surface area contributed by atoms with E-state index in [2.05, 4.69) is 36.4 Å². The molecule has 0 saturated heterocycles. The van der Waals surface area contributed by atoms with Gasteiger partial charge in [0, 0.05) is 12.2 Å². The lowest BCUT2D eigenvalue weighted by atomic mass is 10.2. The normalized spacial score (nSPS) is 12.4. The zero-order valence-electron chi connectivity index (χ0n) is 12.8. The molecule has 0 fully saturated rings. The van der Waals surface area contributed by atoms with Gasteiger partial charge in [-0.3, -0.25) is 0 Å². The van der Waals surface area contributed by atoms with E-state index in [1.54, 1.807) is 12.1 Å². The van der Waals surface area contributed by atoms with E-state index in [9.17, 15) is 4.39 Å². The summed E-state index contributed by atoms with van der Waals surface area (Å²) in [5, 5.41) is 6.29. The standard InChI is InChI=1S/C16H13ClFN7/c17-14-4-2-11(7-19-14)22-15-12(18)8-20-16(24-15)23-10-1-3-13-9(5-10)6-21-25-13/h1-5,7-8,21,25H,6H2,(H2,20,22,23,24). The summed E-state index contributed by atoms with van der Waals surface area (Å²) in [6, 6.07) is 9.10. The number of benzene rings is 1. The molecule has 0 radical (unpaired) electrons. The molecular weight excluding hydrogens is 345 g/mol. The van der Waals surface area contributed by atoms with Crippen molar-refractivity contribution in [1.29, 1.82) is 0 Å². The van der Waals surface area contributed by atoms with Gasteiger partial charge in [-0.1, -0.05) is 11.6 Å². The summed E-state index contributed by atoms with van der Waals surface area (Å²) >= 11 is 5.74. The highest BCUT2D eigenvalue weighted by Crippen LogP contribution is 2.25. The molecule has 7 nitrogen and oxygen atoms in total. The first-order valence-electron chi connectivity index (χ1n) is 7.47. The second-order valence-corrected chi connectivity index (χ2v) is 5.75. The highest BCUT2D eigenvalue weighted by Gasteiger charge is 2.11. The molecule has 3 heterocycles. The second kappa shape index (κ2) is 6.50. The van der Waals surface area contributed by atoms with Crippen LogP contribution in [0.5, 0.6) is 0 Å². The van der Waals surface area contributed by atoms with Gasteiger partial charge in [0.25, 0.3) is 0 Å². The fourth-order valence-corrected chi connectivity index (χ4v) is 2.52. The average Bonchev–Trinajstić information content (AvgIpc) is 3.07. The van der Waals surface area contributed by atoms with Crippen LogP contribution >= 0.6 is 11.6 Å². The number of hydrogen-bond acceptors (Lipinski definition) is 7. The number of hydrazine groups is 1. The van der Waals surface area contributed by atoms with Gasteiger partial charge in [0.2, 0.25) is 5.95 Å². The van der Waals surface area contributed by atoms with Crippen LogP contribution in [0.2, 0.25) is 5.15 Å². The average molecular weight is 358 g/mol. The van der Waals surface area contributed by atoms with E-state index in [1.165, 1.54) is 6.20 Å². The first kappa shape index (κ1) is 15.6. The van der Waals surface area contributed by atoms with Gasteiger partial charge in [0.15, 0.2) is 11.6 Å². The Labute approximate surface area is 147 Å². The minimum Gasteiger partial charge on any atom is -0.336 e. The van der Waals surface area contributed by atoms with Crippen molar-refractivity contribution in [2.45, 2.75) is 6.54 Å². The zero-order valence-corrected chi connectivity index (χ0v) is 13.6. The topological polar surface area (TPSA) is 86.8 Å². The number of rotatable bonds is 4. The Morgan fingerprint density at radius 1 is 1.04 bits per heavy atom. The molecule has 1 aliphatic rings. The van der Waals surface area contributed by atoms with Crippen LogP contribution < -0.4 is 21.5 Å². The molecule has 2 aromatic heterocycles. The van der Waals surface area contributed by atoms with Crippen LogP contribution in [0.3, 0.4) is 0 Å². The Kier molecular flexibility index (Phi) is 4.04. The Bertz CT molecular complexity index is 917. The van der Waals surface area contributed by atoms with E-state index >= 15 is 0 Å². The summed E-state index contributed by atoms with van der Waals surface area (Å²) in [6.07, 6.45) is 2.61. The van der Waals surface area contributed by atoms with Crippen LogP contribution in [0.4, 0.5) is 33.2 Å². The maximum Gasteiger partial charge on any atom is 0.229 e. The molecule has 0 atom stereocenters. The lowest BCUT2D eigenvalue weighted by Gasteiger charge is -2.10. The minimum atomic E-state index is -0.567. The van der Waals surface area contributed by atoms with E-state index in [1.807, 2.05) is 18.2 Å². The largest absolute Gasteiger partial charge is 0.336 e. The minimum absolute atomic E-state index is 0.0473. The molecule has 0 amide bonds. The molecule has 4 rings (SSSR count). The van der Waals surface area contributed by atoms with Crippen LogP contribution in [0.15, 0.2) is 42.7 Å². The molecule has 25 heavy (non-hydrogen) atoms. The van der Waals surface area contributed by atoms with Crippen LogP contribution in [-0.4, -0.2) is 15.0 Å². The second-order valence-electron chi connectivity index (χ2n) is 5.36. The summed E-state index contributed by atoms with van der Waals surface area (Å²) in [5.41, 5.74) is 9.64. The van der Waals surface area contributed by atoms with E-state index < -0.39 is 5.82 Å². The molecule has 3 aromatic rings. The van der Waals surface area contributed by atoms with Crippen molar-refractivity contribution in [2.75, 3.05) is 16.1 Å². The van der Waals surface area contributed by atoms with Crippen molar-refractivity contribution >= 4 is 40.4 Å².